The molecule has 4 nitrogen and oxygen atoms in total. The first-order valence-electron chi connectivity index (χ1n) is 6.21. The van der Waals surface area contributed by atoms with Gasteiger partial charge in [-0.05, 0) is 38.3 Å². The lowest BCUT2D eigenvalue weighted by molar-refractivity contribution is 0.737. The molecule has 92 valence electrons. The Morgan fingerprint density at radius 2 is 1.94 bits per heavy atom. The van der Waals surface area contributed by atoms with Gasteiger partial charge in [-0.25, -0.2) is 4.98 Å². The highest BCUT2D eigenvalue weighted by Crippen LogP contribution is 2.37. The predicted molar refractivity (Wildman–Crippen MR) is 70.3 cm³/mol. The van der Waals surface area contributed by atoms with Crippen LogP contribution >= 0.6 is 0 Å². The van der Waals surface area contributed by atoms with Crippen LogP contribution in [0.4, 0.5) is 5.82 Å². The van der Waals surface area contributed by atoms with Gasteiger partial charge in [0.2, 0.25) is 0 Å². The zero-order valence-electron chi connectivity index (χ0n) is 10.6. The van der Waals surface area contributed by atoms with Crippen LogP contribution in [0.2, 0.25) is 0 Å². The van der Waals surface area contributed by atoms with Gasteiger partial charge in [0, 0.05) is 12.1 Å². The molecule has 0 amide bonds. The molecule has 0 spiro atoms. The lowest BCUT2D eigenvalue weighted by Gasteiger charge is -2.13. The molecule has 0 bridgehead atoms. The number of rotatable bonds is 1. The topological polar surface area (TPSA) is 64.7 Å². The van der Waals surface area contributed by atoms with Crippen molar-refractivity contribution in [3.63, 3.8) is 0 Å². The van der Waals surface area contributed by atoms with Crippen LogP contribution in [0.3, 0.4) is 0 Å². The first-order chi connectivity index (χ1) is 8.66. The Balaban J connectivity index is 2.10. The van der Waals surface area contributed by atoms with Gasteiger partial charge in [-0.3, -0.25) is 9.97 Å². The minimum Gasteiger partial charge on any atom is -0.382 e. The van der Waals surface area contributed by atoms with Crippen molar-refractivity contribution in [3.05, 3.63) is 46.7 Å². The van der Waals surface area contributed by atoms with Crippen molar-refractivity contribution in [2.45, 2.75) is 32.6 Å². The fraction of sp³-hybridized carbons (Fsp3) is 0.357. The van der Waals surface area contributed by atoms with Crippen molar-refractivity contribution in [2.75, 3.05) is 5.73 Å². The number of aryl methyl sites for hydroxylation is 3. The molecule has 1 aliphatic rings. The van der Waals surface area contributed by atoms with Crippen molar-refractivity contribution < 1.29 is 0 Å². The van der Waals surface area contributed by atoms with Crippen LogP contribution in [0.1, 0.15) is 40.7 Å². The molecule has 0 saturated heterocycles. The van der Waals surface area contributed by atoms with Crippen molar-refractivity contribution in [1.29, 1.82) is 0 Å². The maximum atomic E-state index is 6.03. The summed E-state index contributed by atoms with van der Waals surface area (Å²) >= 11 is 0. The Hall–Kier alpha value is -1.97. The van der Waals surface area contributed by atoms with Gasteiger partial charge in [-0.2, -0.15) is 0 Å². The highest BCUT2D eigenvalue weighted by molar-refractivity contribution is 5.45. The zero-order chi connectivity index (χ0) is 12.7. The standard InChI is InChI=1S/C14H16N4/c1-8-9(2)18-14(15)13(17-8)11-6-5-10-4-3-7-16-12(10)11/h3-4,7,11H,5-6H2,1-2H3,(H2,15,18). The van der Waals surface area contributed by atoms with Gasteiger partial charge in [0.25, 0.3) is 0 Å². The molecule has 1 unspecified atom stereocenters. The molecule has 2 aromatic heterocycles. The molecule has 0 aliphatic heterocycles. The van der Waals surface area contributed by atoms with E-state index >= 15 is 0 Å². The molecule has 0 aromatic carbocycles. The molecule has 18 heavy (non-hydrogen) atoms. The summed E-state index contributed by atoms with van der Waals surface area (Å²) in [5.74, 6) is 0.745. The molecule has 2 heterocycles. The normalized spacial score (nSPS) is 17.8. The van der Waals surface area contributed by atoms with E-state index in [-0.39, 0.29) is 5.92 Å². The van der Waals surface area contributed by atoms with E-state index in [1.54, 1.807) is 0 Å². The number of hydrogen-bond acceptors (Lipinski definition) is 4. The third kappa shape index (κ3) is 1.65. The number of nitrogens with zero attached hydrogens (tertiary/aromatic N) is 3. The Labute approximate surface area is 106 Å². The van der Waals surface area contributed by atoms with Gasteiger partial charge in [-0.1, -0.05) is 6.07 Å². The van der Waals surface area contributed by atoms with Gasteiger partial charge in [0.15, 0.2) is 0 Å². The van der Waals surface area contributed by atoms with Crippen LogP contribution in [0.5, 0.6) is 0 Å². The molecular formula is C14H16N4. The van der Waals surface area contributed by atoms with Gasteiger partial charge in [-0.15, -0.1) is 0 Å². The van der Waals surface area contributed by atoms with Crippen LogP contribution in [0, 0.1) is 13.8 Å². The molecular weight excluding hydrogens is 224 g/mol. The van der Waals surface area contributed by atoms with Crippen molar-refractivity contribution in [2.24, 2.45) is 0 Å². The Bertz CT molecular complexity index is 607. The molecule has 2 aromatic rings. The van der Waals surface area contributed by atoms with Gasteiger partial charge >= 0.3 is 0 Å². The highest BCUT2D eigenvalue weighted by atomic mass is 14.9. The molecule has 0 saturated carbocycles. The molecule has 1 atom stereocenters. The monoisotopic (exact) mass is 240 g/mol. The number of nitrogens with two attached hydrogens (primary N) is 1. The summed E-state index contributed by atoms with van der Waals surface area (Å²) in [5.41, 5.74) is 11.2. The van der Waals surface area contributed by atoms with Crippen LogP contribution in [0.25, 0.3) is 0 Å². The molecule has 3 rings (SSSR count). The quantitative estimate of drug-likeness (QED) is 0.829. The summed E-state index contributed by atoms with van der Waals surface area (Å²) < 4.78 is 0. The van der Waals surface area contributed by atoms with E-state index in [0.29, 0.717) is 5.82 Å². The summed E-state index contributed by atoms with van der Waals surface area (Å²) in [6, 6.07) is 4.11. The van der Waals surface area contributed by atoms with Crippen LogP contribution < -0.4 is 5.73 Å². The first kappa shape index (κ1) is 11.1. The summed E-state index contributed by atoms with van der Waals surface area (Å²) in [4.78, 5) is 13.5. The zero-order valence-corrected chi connectivity index (χ0v) is 10.6. The first-order valence-corrected chi connectivity index (χ1v) is 6.21. The van der Waals surface area contributed by atoms with E-state index < -0.39 is 0 Å². The summed E-state index contributed by atoms with van der Waals surface area (Å²) in [6.07, 6.45) is 3.90. The molecule has 0 fully saturated rings. The van der Waals surface area contributed by atoms with Gasteiger partial charge in [0.05, 0.1) is 22.8 Å². The second-order valence-corrected chi connectivity index (χ2v) is 4.80. The maximum absolute atomic E-state index is 6.03. The third-order valence-electron chi connectivity index (χ3n) is 3.65. The van der Waals surface area contributed by atoms with Crippen molar-refractivity contribution in [1.82, 2.24) is 15.0 Å². The van der Waals surface area contributed by atoms with Gasteiger partial charge in [0.1, 0.15) is 5.82 Å². The Morgan fingerprint density at radius 1 is 1.17 bits per heavy atom. The van der Waals surface area contributed by atoms with Crippen LogP contribution in [-0.4, -0.2) is 15.0 Å². The van der Waals surface area contributed by atoms with E-state index in [1.165, 1.54) is 5.56 Å². The highest BCUT2D eigenvalue weighted by Gasteiger charge is 2.28. The number of anilines is 1. The van der Waals surface area contributed by atoms with Crippen LogP contribution in [-0.2, 0) is 6.42 Å². The molecule has 2 N–H and O–H groups in total. The Morgan fingerprint density at radius 3 is 2.78 bits per heavy atom. The van der Waals surface area contributed by atoms with Crippen molar-refractivity contribution >= 4 is 5.82 Å². The van der Waals surface area contributed by atoms with Crippen molar-refractivity contribution in [3.8, 4) is 0 Å². The summed E-state index contributed by atoms with van der Waals surface area (Å²) in [6.45, 7) is 3.91. The number of hydrogen-bond donors (Lipinski definition) is 1. The Kier molecular flexibility index (Phi) is 2.51. The lowest BCUT2D eigenvalue weighted by Crippen LogP contribution is -2.10. The second-order valence-electron chi connectivity index (χ2n) is 4.80. The minimum absolute atomic E-state index is 0.202. The van der Waals surface area contributed by atoms with E-state index in [0.717, 1.165) is 35.6 Å². The smallest absolute Gasteiger partial charge is 0.146 e. The number of pyridine rings is 1. The predicted octanol–water partition coefficient (Wildman–Crippen LogP) is 2.15. The van der Waals surface area contributed by atoms with E-state index in [9.17, 15) is 0 Å². The molecule has 0 radical (unpaired) electrons. The summed E-state index contributed by atoms with van der Waals surface area (Å²) in [5, 5.41) is 0. The molecule has 1 aliphatic carbocycles. The average Bonchev–Trinajstić information content (AvgIpc) is 2.78. The van der Waals surface area contributed by atoms with E-state index in [1.807, 2.05) is 26.1 Å². The third-order valence-corrected chi connectivity index (χ3v) is 3.65. The number of nitrogen functional groups attached to an aromatic ring is 1. The van der Waals surface area contributed by atoms with Crippen LogP contribution in [0.15, 0.2) is 18.3 Å². The number of fused-ring (bicyclic) bond motifs is 1. The largest absolute Gasteiger partial charge is 0.382 e. The number of aromatic nitrogens is 3. The van der Waals surface area contributed by atoms with Gasteiger partial charge < -0.3 is 5.73 Å². The van der Waals surface area contributed by atoms with E-state index in [4.69, 9.17) is 5.73 Å². The molecule has 4 heteroatoms. The minimum atomic E-state index is 0.202. The average molecular weight is 240 g/mol. The second kappa shape index (κ2) is 4.05. The fourth-order valence-corrected chi connectivity index (χ4v) is 2.57. The SMILES string of the molecule is Cc1nc(N)c(C2CCc3cccnc32)nc1C. The van der Waals surface area contributed by atoms with E-state index in [2.05, 4.69) is 21.0 Å². The fourth-order valence-electron chi connectivity index (χ4n) is 2.57. The lowest BCUT2D eigenvalue weighted by atomic mass is 10.0. The maximum Gasteiger partial charge on any atom is 0.146 e. The summed E-state index contributed by atoms with van der Waals surface area (Å²) in [7, 11) is 0.